The van der Waals surface area contributed by atoms with E-state index < -0.39 is 18.8 Å². The summed E-state index contributed by atoms with van der Waals surface area (Å²) in [5.74, 6) is 0.0860. The molecule has 0 heterocycles. The Bertz CT molecular complexity index is 289. The Morgan fingerprint density at radius 1 is 0.739 bits per heavy atom. The van der Waals surface area contributed by atoms with Crippen LogP contribution in [0, 0.1) is 0 Å². The topological polar surface area (TPSA) is 26.3 Å². The van der Waals surface area contributed by atoms with Crippen molar-refractivity contribution in [1.29, 1.82) is 0 Å². The average Bonchev–Trinajstić information content (AvgIpc) is 2.46. The van der Waals surface area contributed by atoms with E-state index in [0.29, 0.717) is 18.2 Å². The van der Waals surface area contributed by atoms with Crippen molar-refractivity contribution in [1.82, 2.24) is 0 Å². The van der Waals surface area contributed by atoms with Gasteiger partial charge in [-0.25, -0.2) is 0 Å². The molecule has 2 nitrogen and oxygen atoms in total. The molecule has 0 N–H and O–H groups in total. The van der Waals surface area contributed by atoms with E-state index in [2.05, 4.69) is 48.5 Å². The molecule has 0 atom stereocenters. The van der Waals surface area contributed by atoms with Gasteiger partial charge in [-0.05, 0) is 0 Å². The fourth-order valence-corrected chi connectivity index (χ4v) is 18.9. The molecule has 0 saturated heterocycles. The van der Waals surface area contributed by atoms with Crippen molar-refractivity contribution >= 4 is 24.8 Å². The summed E-state index contributed by atoms with van der Waals surface area (Å²) in [4.78, 5) is 12.4. The summed E-state index contributed by atoms with van der Waals surface area (Å²) in [6.45, 7) is 15.8. The van der Waals surface area contributed by atoms with E-state index in [1.807, 2.05) is 0 Å². The summed E-state index contributed by atoms with van der Waals surface area (Å²) in [5.41, 5.74) is 0. The first-order chi connectivity index (χ1) is 10.8. The fraction of sp³-hybridized carbons (Fsp3) is 0.950. The van der Waals surface area contributed by atoms with Gasteiger partial charge in [0, 0.05) is 0 Å². The molecule has 0 aromatic heterocycles. The van der Waals surface area contributed by atoms with Crippen LogP contribution in [0.4, 0.5) is 0 Å². The molecular weight excluding hydrogens is 391 g/mol. The number of carbonyl (C=O) groups is 1. The van der Waals surface area contributed by atoms with E-state index in [1.165, 1.54) is 44.9 Å². The van der Waals surface area contributed by atoms with Gasteiger partial charge in [0.15, 0.2) is 0 Å². The van der Waals surface area contributed by atoms with Gasteiger partial charge in [-0.3, -0.25) is 0 Å². The molecule has 138 valence electrons. The SMILES string of the molecule is CCCCCCCCCCC(=O)[O][Sn]([CH](C)C)([CH](C)C)[CH](C)C. The summed E-state index contributed by atoms with van der Waals surface area (Å²) in [6, 6.07) is 0. The Morgan fingerprint density at radius 3 is 1.52 bits per heavy atom. The monoisotopic (exact) mass is 434 g/mol. The molecule has 0 rings (SSSR count). The number of hydrogen-bond donors (Lipinski definition) is 0. The fourth-order valence-electron chi connectivity index (χ4n) is 4.00. The van der Waals surface area contributed by atoms with Crippen LogP contribution < -0.4 is 0 Å². The Kier molecular flexibility index (Phi) is 12.8. The van der Waals surface area contributed by atoms with Crippen molar-refractivity contribution in [2.24, 2.45) is 0 Å². The molecule has 3 heteroatoms. The van der Waals surface area contributed by atoms with E-state index in [9.17, 15) is 4.79 Å². The van der Waals surface area contributed by atoms with Gasteiger partial charge in [-0.1, -0.05) is 0 Å². The maximum atomic E-state index is 12.4. The normalized spacial score (nSPS) is 12.4. The summed E-state index contributed by atoms with van der Waals surface area (Å²) in [7, 11) is 0. The van der Waals surface area contributed by atoms with Crippen molar-refractivity contribution < 1.29 is 7.87 Å². The van der Waals surface area contributed by atoms with Gasteiger partial charge in [0.05, 0.1) is 0 Å². The zero-order valence-electron chi connectivity index (χ0n) is 16.9. The molecule has 0 aliphatic carbocycles. The summed E-state index contributed by atoms with van der Waals surface area (Å²) in [5, 5.41) is 0. The first-order valence-electron chi connectivity index (χ1n) is 10.0. The van der Waals surface area contributed by atoms with Crippen LogP contribution in [0.15, 0.2) is 0 Å². The van der Waals surface area contributed by atoms with E-state index >= 15 is 0 Å². The third-order valence-corrected chi connectivity index (χ3v) is 22.3. The van der Waals surface area contributed by atoms with Crippen molar-refractivity contribution in [3.05, 3.63) is 0 Å². The molecule has 0 radical (unpaired) electrons. The predicted molar refractivity (Wildman–Crippen MR) is 104 cm³/mol. The standard InChI is InChI=1S/C11H22O2.3C3H7.Sn/c1-2-3-4-5-6-7-8-9-10-11(12)13;3*1-3-2;/h2-10H2,1H3,(H,12,13);3*3H,1-2H3;/q;;;;+1/p-1. The number of rotatable bonds is 13. The zero-order chi connectivity index (χ0) is 17.9. The van der Waals surface area contributed by atoms with Crippen LogP contribution in [0.5, 0.6) is 0 Å². The molecule has 0 spiro atoms. The van der Waals surface area contributed by atoms with Gasteiger partial charge in [0.1, 0.15) is 0 Å². The molecule has 0 saturated carbocycles. The Labute approximate surface area is 150 Å². The molecule has 0 aromatic rings. The van der Waals surface area contributed by atoms with Crippen LogP contribution in [-0.4, -0.2) is 24.8 Å². The zero-order valence-corrected chi connectivity index (χ0v) is 19.8. The van der Waals surface area contributed by atoms with Crippen LogP contribution in [0.25, 0.3) is 0 Å². The molecule has 0 aliphatic heterocycles. The van der Waals surface area contributed by atoms with Gasteiger partial charge in [-0.15, -0.1) is 0 Å². The van der Waals surface area contributed by atoms with E-state index in [1.54, 1.807) is 0 Å². The summed E-state index contributed by atoms with van der Waals surface area (Å²) >= 11 is -2.90. The average molecular weight is 433 g/mol. The van der Waals surface area contributed by atoms with Crippen molar-refractivity contribution in [3.8, 4) is 0 Å². The second-order valence-electron chi connectivity index (χ2n) is 8.02. The molecule has 0 unspecified atom stereocenters. The molecular formula is C20H42O2Sn. The van der Waals surface area contributed by atoms with Gasteiger partial charge < -0.3 is 0 Å². The first kappa shape index (κ1) is 23.3. The van der Waals surface area contributed by atoms with Crippen LogP contribution in [0.2, 0.25) is 11.8 Å². The maximum absolute atomic E-state index is 12.4. The van der Waals surface area contributed by atoms with Gasteiger partial charge in [-0.2, -0.15) is 0 Å². The number of hydrogen-bond acceptors (Lipinski definition) is 2. The second kappa shape index (κ2) is 12.6. The third kappa shape index (κ3) is 8.27. The van der Waals surface area contributed by atoms with E-state index in [0.717, 1.165) is 6.42 Å². The molecule has 0 bridgehead atoms. The summed E-state index contributed by atoms with van der Waals surface area (Å²) < 4.78 is 7.90. The first-order valence-corrected chi connectivity index (χ1v) is 16.1. The minimum atomic E-state index is -2.90. The Hall–Kier alpha value is 0.269. The summed E-state index contributed by atoms with van der Waals surface area (Å²) in [6.07, 6.45) is 10.8. The predicted octanol–water partition coefficient (Wildman–Crippen LogP) is 7.24. The van der Waals surface area contributed by atoms with E-state index in [-0.39, 0.29) is 5.97 Å². The molecule has 0 amide bonds. The van der Waals surface area contributed by atoms with E-state index in [4.69, 9.17) is 3.07 Å². The molecule has 0 aromatic carbocycles. The molecule has 0 fully saturated rings. The van der Waals surface area contributed by atoms with Crippen LogP contribution >= 0.6 is 0 Å². The van der Waals surface area contributed by atoms with Crippen molar-refractivity contribution in [2.45, 2.75) is 118 Å². The quantitative estimate of drug-likeness (QED) is 0.226. The van der Waals surface area contributed by atoms with Crippen LogP contribution in [0.1, 0.15) is 106 Å². The Morgan fingerprint density at radius 2 is 1.13 bits per heavy atom. The Balaban J connectivity index is 4.15. The van der Waals surface area contributed by atoms with Crippen molar-refractivity contribution in [3.63, 3.8) is 0 Å². The van der Waals surface area contributed by atoms with Gasteiger partial charge >= 0.3 is 151 Å². The van der Waals surface area contributed by atoms with Crippen LogP contribution in [-0.2, 0) is 7.87 Å². The molecule has 23 heavy (non-hydrogen) atoms. The van der Waals surface area contributed by atoms with Crippen molar-refractivity contribution in [2.75, 3.05) is 0 Å². The minimum absolute atomic E-state index is 0.0860. The number of unbranched alkanes of at least 4 members (excludes halogenated alkanes) is 7. The van der Waals surface area contributed by atoms with Crippen LogP contribution in [0.3, 0.4) is 0 Å². The third-order valence-electron chi connectivity index (χ3n) is 5.23. The van der Waals surface area contributed by atoms with Gasteiger partial charge in [0.2, 0.25) is 0 Å². The molecule has 0 aliphatic rings. The van der Waals surface area contributed by atoms with Gasteiger partial charge in [0.25, 0.3) is 0 Å². The number of carbonyl (C=O) groups excluding carboxylic acids is 1. The second-order valence-corrected chi connectivity index (χ2v) is 23.4.